The van der Waals surface area contributed by atoms with E-state index in [0.29, 0.717) is 0 Å². The Morgan fingerprint density at radius 3 is 2.78 bits per heavy atom. The average molecular weight is 418 g/mol. The maximum Gasteiger partial charge on any atom is 0.131 e. The Kier molecular flexibility index (Phi) is 5.03. The fraction of sp³-hybridized carbons (Fsp3) is 0.143. The number of hydrogen-bond acceptors (Lipinski definition) is 2. The maximum absolute atomic E-state index is 5.93. The van der Waals surface area contributed by atoms with Crippen molar-refractivity contribution in [2.75, 3.05) is 7.05 Å². The molecule has 94 valence electrons. The molecule has 1 N–H and O–H groups in total. The van der Waals surface area contributed by atoms with Gasteiger partial charge in [-0.05, 0) is 66.0 Å². The van der Waals surface area contributed by atoms with E-state index in [2.05, 4.69) is 49.9 Å². The second kappa shape index (κ2) is 6.54. The first kappa shape index (κ1) is 13.8. The van der Waals surface area contributed by atoms with Crippen LogP contribution in [0.2, 0.25) is 0 Å². The number of ether oxygens (including phenoxy) is 1. The third-order valence-electron chi connectivity index (χ3n) is 2.41. The van der Waals surface area contributed by atoms with Gasteiger partial charge in [-0.25, -0.2) is 0 Å². The van der Waals surface area contributed by atoms with Crippen molar-refractivity contribution < 1.29 is 4.74 Å². The number of nitrogens with one attached hydrogen (secondary N) is 1. The van der Waals surface area contributed by atoms with Crippen LogP contribution >= 0.6 is 38.5 Å². The molecule has 0 bridgehead atoms. The van der Waals surface area contributed by atoms with Crippen LogP contribution in [-0.4, -0.2) is 7.05 Å². The van der Waals surface area contributed by atoms with E-state index in [4.69, 9.17) is 4.74 Å². The lowest BCUT2D eigenvalue weighted by Crippen LogP contribution is -2.06. The number of rotatable bonds is 4. The summed E-state index contributed by atoms with van der Waals surface area (Å²) in [5.41, 5.74) is 1.13. The Hall–Kier alpha value is -0.590. The van der Waals surface area contributed by atoms with Gasteiger partial charge in [0.05, 0.1) is 0 Å². The molecule has 18 heavy (non-hydrogen) atoms. The molecule has 0 amide bonds. The lowest BCUT2D eigenvalue weighted by atomic mass is 10.2. The second-order valence-corrected chi connectivity index (χ2v) is 6.00. The van der Waals surface area contributed by atoms with Gasteiger partial charge in [-0.3, -0.25) is 0 Å². The molecule has 2 rings (SSSR count). The maximum atomic E-state index is 5.93. The van der Waals surface area contributed by atoms with Crippen LogP contribution in [0.25, 0.3) is 0 Å². The molecule has 0 spiro atoms. The monoisotopic (exact) mass is 417 g/mol. The van der Waals surface area contributed by atoms with Gasteiger partial charge in [0.1, 0.15) is 11.5 Å². The summed E-state index contributed by atoms with van der Waals surface area (Å²) in [6.45, 7) is 0.776. The van der Waals surface area contributed by atoms with Crippen molar-refractivity contribution >= 4 is 38.5 Å². The highest BCUT2D eigenvalue weighted by Crippen LogP contribution is 2.28. The van der Waals surface area contributed by atoms with E-state index in [-0.39, 0.29) is 0 Å². The van der Waals surface area contributed by atoms with Crippen molar-refractivity contribution in [2.24, 2.45) is 0 Å². The summed E-state index contributed by atoms with van der Waals surface area (Å²) in [6.07, 6.45) is 0. The molecule has 2 aromatic rings. The summed E-state index contributed by atoms with van der Waals surface area (Å²) < 4.78 is 8.15. The molecule has 2 aromatic carbocycles. The minimum Gasteiger partial charge on any atom is -0.457 e. The molecule has 0 atom stereocenters. The third-order valence-corrected chi connectivity index (χ3v) is 3.58. The van der Waals surface area contributed by atoms with Crippen LogP contribution in [-0.2, 0) is 6.54 Å². The molecule has 0 aromatic heterocycles. The highest BCUT2D eigenvalue weighted by Gasteiger charge is 2.05. The first-order valence-electron chi connectivity index (χ1n) is 5.55. The lowest BCUT2D eigenvalue weighted by Gasteiger charge is -2.11. The Labute approximate surface area is 129 Å². The normalized spacial score (nSPS) is 10.4. The van der Waals surface area contributed by atoms with Crippen LogP contribution in [0.1, 0.15) is 5.56 Å². The zero-order valence-electron chi connectivity index (χ0n) is 9.91. The van der Waals surface area contributed by atoms with Gasteiger partial charge in [0.15, 0.2) is 0 Å². The van der Waals surface area contributed by atoms with Gasteiger partial charge in [0.2, 0.25) is 0 Å². The van der Waals surface area contributed by atoms with Gasteiger partial charge in [-0.15, -0.1) is 0 Å². The first-order chi connectivity index (χ1) is 8.69. The summed E-state index contributed by atoms with van der Waals surface area (Å²) in [5.74, 6) is 1.75. The van der Waals surface area contributed by atoms with Gasteiger partial charge in [-0.2, -0.15) is 0 Å². The molecule has 0 aliphatic rings. The minimum atomic E-state index is 0.776. The van der Waals surface area contributed by atoms with Crippen molar-refractivity contribution in [2.45, 2.75) is 6.54 Å². The Bertz CT molecular complexity index is 545. The van der Waals surface area contributed by atoms with Gasteiger partial charge >= 0.3 is 0 Å². The zero-order valence-corrected chi connectivity index (χ0v) is 13.7. The van der Waals surface area contributed by atoms with E-state index >= 15 is 0 Å². The quantitative estimate of drug-likeness (QED) is 0.736. The lowest BCUT2D eigenvalue weighted by molar-refractivity contribution is 0.474. The Balaban J connectivity index is 2.28. The van der Waals surface area contributed by atoms with E-state index in [1.807, 2.05) is 43.4 Å². The van der Waals surface area contributed by atoms with Crippen molar-refractivity contribution in [3.63, 3.8) is 0 Å². The fourth-order valence-corrected chi connectivity index (χ4v) is 2.56. The molecule has 4 heteroatoms. The molecule has 0 aliphatic heterocycles. The predicted octanol–water partition coefficient (Wildman–Crippen LogP) is 4.57. The summed E-state index contributed by atoms with van der Waals surface area (Å²) in [4.78, 5) is 0. The van der Waals surface area contributed by atoms with E-state index < -0.39 is 0 Å². The first-order valence-corrected chi connectivity index (χ1v) is 7.42. The van der Waals surface area contributed by atoms with Crippen LogP contribution in [0.4, 0.5) is 0 Å². The zero-order chi connectivity index (χ0) is 13.0. The Morgan fingerprint density at radius 2 is 2.06 bits per heavy atom. The molecule has 2 nitrogen and oxygen atoms in total. The third kappa shape index (κ3) is 3.70. The molecule has 0 saturated heterocycles. The largest absolute Gasteiger partial charge is 0.457 e. The highest BCUT2D eigenvalue weighted by atomic mass is 127. The predicted molar refractivity (Wildman–Crippen MR) is 86.1 cm³/mol. The van der Waals surface area contributed by atoms with E-state index in [1.54, 1.807) is 0 Å². The summed E-state index contributed by atoms with van der Waals surface area (Å²) in [6, 6.07) is 14.1. The van der Waals surface area contributed by atoms with Crippen LogP contribution in [0, 0.1) is 3.57 Å². The summed E-state index contributed by atoms with van der Waals surface area (Å²) in [5, 5.41) is 3.15. The smallest absolute Gasteiger partial charge is 0.131 e. The number of halogens is 2. The molecule has 0 unspecified atom stereocenters. The molecule has 0 fully saturated rings. The van der Waals surface area contributed by atoms with Gasteiger partial charge < -0.3 is 10.1 Å². The minimum absolute atomic E-state index is 0.776. The molecule has 0 saturated carbocycles. The van der Waals surface area contributed by atoms with E-state index in [1.165, 1.54) is 0 Å². The average Bonchev–Trinajstić information content (AvgIpc) is 2.33. The van der Waals surface area contributed by atoms with Gasteiger partial charge in [0, 0.05) is 20.2 Å². The number of hydrogen-bond donors (Lipinski definition) is 1. The van der Waals surface area contributed by atoms with Crippen LogP contribution in [0.15, 0.2) is 46.9 Å². The molecule has 0 radical (unpaired) electrons. The van der Waals surface area contributed by atoms with Crippen LogP contribution < -0.4 is 10.1 Å². The van der Waals surface area contributed by atoms with Crippen LogP contribution in [0.3, 0.4) is 0 Å². The standard InChI is InChI=1S/C14H13BrINO/c1-17-9-10-7-11(15)5-6-14(10)18-13-4-2-3-12(16)8-13/h2-8,17H,9H2,1H3. The van der Waals surface area contributed by atoms with Crippen molar-refractivity contribution in [3.8, 4) is 11.5 Å². The van der Waals surface area contributed by atoms with Gasteiger partial charge in [0.25, 0.3) is 0 Å². The Morgan fingerprint density at radius 1 is 1.22 bits per heavy atom. The molecule has 0 aliphatic carbocycles. The summed E-state index contributed by atoms with van der Waals surface area (Å²) in [7, 11) is 1.93. The second-order valence-electron chi connectivity index (χ2n) is 3.84. The van der Waals surface area contributed by atoms with Crippen LogP contribution in [0.5, 0.6) is 11.5 Å². The SMILES string of the molecule is CNCc1cc(Br)ccc1Oc1cccc(I)c1. The molecule has 0 heterocycles. The molecular formula is C14H13BrINO. The summed E-state index contributed by atoms with van der Waals surface area (Å²) >= 11 is 5.76. The van der Waals surface area contributed by atoms with E-state index in [9.17, 15) is 0 Å². The van der Waals surface area contributed by atoms with E-state index in [0.717, 1.165) is 31.7 Å². The topological polar surface area (TPSA) is 21.3 Å². The van der Waals surface area contributed by atoms with Crippen molar-refractivity contribution in [3.05, 3.63) is 56.1 Å². The molecular weight excluding hydrogens is 405 g/mol. The van der Waals surface area contributed by atoms with Crippen molar-refractivity contribution in [1.29, 1.82) is 0 Å². The highest BCUT2D eigenvalue weighted by molar-refractivity contribution is 14.1. The van der Waals surface area contributed by atoms with Crippen molar-refractivity contribution in [1.82, 2.24) is 5.32 Å². The fourth-order valence-electron chi connectivity index (χ4n) is 1.63. The van der Waals surface area contributed by atoms with Gasteiger partial charge in [-0.1, -0.05) is 22.0 Å². The number of benzene rings is 2.